The third-order valence-electron chi connectivity index (χ3n) is 2.81. The van der Waals surface area contributed by atoms with E-state index in [0.717, 1.165) is 11.5 Å². The van der Waals surface area contributed by atoms with Crippen molar-refractivity contribution in [3.63, 3.8) is 0 Å². The van der Waals surface area contributed by atoms with Crippen molar-refractivity contribution in [1.29, 1.82) is 0 Å². The van der Waals surface area contributed by atoms with Crippen LogP contribution in [0.15, 0.2) is 24.3 Å². The maximum Gasteiger partial charge on any atom is 0.323 e. The van der Waals surface area contributed by atoms with Gasteiger partial charge in [-0.3, -0.25) is 4.79 Å². The number of likely N-dealkylation sites (N-methyl/N-ethyl adjacent to an activating group) is 1. The summed E-state index contributed by atoms with van der Waals surface area (Å²) in [5.41, 5.74) is 0. The number of nitrogens with one attached hydrogen (secondary N) is 1. The average molecular weight is 295 g/mol. The maximum atomic E-state index is 11.8. The van der Waals surface area contributed by atoms with Gasteiger partial charge < -0.3 is 19.5 Å². The summed E-state index contributed by atoms with van der Waals surface area (Å²) in [5, 5.41) is 3.11. The molecule has 0 aliphatic rings. The molecule has 0 fully saturated rings. The predicted octanol–water partition coefficient (Wildman–Crippen LogP) is 2.40. The maximum absolute atomic E-state index is 11.8. The summed E-state index contributed by atoms with van der Waals surface area (Å²) in [7, 11) is 0. The van der Waals surface area contributed by atoms with Crippen LogP contribution in [0.4, 0.5) is 0 Å². The molecule has 1 atom stereocenters. The second-order valence-electron chi connectivity index (χ2n) is 4.41. The molecular formula is C16H25NO4. The zero-order valence-electron chi connectivity index (χ0n) is 13.1. The normalized spacial score (nSPS) is 11.8. The molecule has 1 rings (SSSR count). The summed E-state index contributed by atoms with van der Waals surface area (Å²) in [6.45, 7) is 7.85. The van der Waals surface area contributed by atoms with Crippen LogP contribution in [0.3, 0.4) is 0 Å². The molecule has 0 aromatic heterocycles. The standard InChI is InChI=1S/C16H25NO4/c1-4-17-15(16(18)20-6-3)10-11-21-14-9-7-8-13(12-14)19-5-2/h7-9,12,15,17H,4-6,10-11H2,1-3H3. The monoisotopic (exact) mass is 295 g/mol. The van der Waals surface area contributed by atoms with Gasteiger partial charge in [0.15, 0.2) is 0 Å². The van der Waals surface area contributed by atoms with Gasteiger partial charge in [-0.15, -0.1) is 0 Å². The summed E-state index contributed by atoms with van der Waals surface area (Å²) in [6.07, 6.45) is 0.561. The number of benzene rings is 1. The van der Waals surface area contributed by atoms with Gasteiger partial charge in [0.1, 0.15) is 17.5 Å². The van der Waals surface area contributed by atoms with E-state index in [1.807, 2.05) is 38.1 Å². The van der Waals surface area contributed by atoms with E-state index in [1.165, 1.54) is 0 Å². The molecule has 1 unspecified atom stereocenters. The molecule has 1 N–H and O–H groups in total. The first-order valence-corrected chi connectivity index (χ1v) is 7.46. The Labute approximate surface area is 126 Å². The molecule has 5 nitrogen and oxygen atoms in total. The third-order valence-corrected chi connectivity index (χ3v) is 2.81. The number of rotatable bonds is 10. The molecule has 21 heavy (non-hydrogen) atoms. The second-order valence-corrected chi connectivity index (χ2v) is 4.41. The summed E-state index contributed by atoms with van der Waals surface area (Å²) in [5.74, 6) is 1.29. The van der Waals surface area contributed by atoms with Gasteiger partial charge in [0, 0.05) is 12.5 Å². The highest BCUT2D eigenvalue weighted by molar-refractivity contribution is 5.75. The Morgan fingerprint density at radius 1 is 1.14 bits per heavy atom. The lowest BCUT2D eigenvalue weighted by molar-refractivity contribution is -0.146. The first-order chi connectivity index (χ1) is 10.2. The smallest absolute Gasteiger partial charge is 0.323 e. The average Bonchev–Trinajstić information content (AvgIpc) is 2.47. The first kappa shape index (κ1) is 17.3. The molecule has 1 aromatic rings. The Morgan fingerprint density at radius 2 is 1.86 bits per heavy atom. The van der Waals surface area contributed by atoms with Gasteiger partial charge in [-0.2, -0.15) is 0 Å². The molecule has 0 bridgehead atoms. The minimum Gasteiger partial charge on any atom is -0.494 e. The molecule has 0 aliphatic carbocycles. The van der Waals surface area contributed by atoms with Gasteiger partial charge in [0.25, 0.3) is 0 Å². The van der Waals surface area contributed by atoms with E-state index < -0.39 is 0 Å². The summed E-state index contributed by atoms with van der Waals surface area (Å²) in [4.78, 5) is 11.8. The van der Waals surface area contributed by atoms with Crippen LogP contribution >= 0.6 is 0 Å². The van der Waals surface area contributed by atoms with E-state index in [9.17, 15) is 4.79 Å². The quantitative estimate of drug-likeness (QED) is 0.672. The highest BCUT2D eigenvalue weighted by Gasteiger charge is 2.18. The molecule has 0 saturated heterocycles. The van der Waals surface area contributed by atoms with Crippen LogP contribution in [0.5, 0.6) is 11.5 Å². The van der Waals surface area contributed by atoms with Gasteiger partial charge in [-0.25, -0.2) is 0 Å². The van der Waals surface area contributed by atoms with Crippen molar-refractivity contribution < 1.29 is 19.0 Å². The molecule has 0 aliphatic heterocycles. The highest BCUT2D eigenvalue weighted by Crippen LogP contribution is 2.19. The zero-order valence-corrected chi connectivity index (χ0v) is 13.1. The minimum atomic E-state index is -0.329. The van der Waals surface area contributed by atoms with E-state index in [1.54, 1.807) is 6.92 Å². The van der Waals surface area contributed by atoms with Crippen molar-refractivity contribution in [1.82, 2.24) is 5.32 Å². The van der Waals surface area contributed by atoms with Crippen LogP contribution in [0.25, 0.3) is 0 Å². The lowest BCUT2D eigenvalue weighted by Crippen LogP contribution is -2.39. The Hall–Kier alpha value is -1.75. The van der Waals surface area contributed by atoms with Crippen molar-refractivity contribution in [3.8, 4) is 11.5 Å². The number of hydrogen-bond donors (Lipinski definition) is 1. The van der Waals surface area contributed by atoms with Crippen molar-refractivity contribution in [2.45, 2.75) is 33.2 Å². The van der Waals surface area contributed by atoms with Gasteiger partial charge in [-0.1, -0.05) is 13.0 Å². The van der Waals surface area contributed by atoms with E-state index >= 15 is 0 Å². The Morgan fingerprint density at radius 3 is 2.48 bits per heavy atom. The van der Waals surface area contributed by atoms with Gasteiger partial charge >= 0.3 is 5.97 Å². The van der Waals surface area contributed by atoms with Crippen LogP contribution in [0.2, 0.25) is 0 Å². The fourth-order valence-electron chi connectivity index (χ4n) is 1.91. The Bertz CT molecular complexity index is 422. The number of carbonyl (C=O) groups excluding carboxylic acids is 1. The first-order valence-electron chi connectivity index (χ1n) is 7.46. The van der Waals surface area contributed by atoms with Crippen molar-refractivity contribution in [2.24, 2.45) is 0 Å². The number of ether oxygens (including phenoxy) is 3. The van der Waals surface area contributed by atoms with Crippen LogP contribution in [0.1, 0.15) is 27.2 Å². The molecule has 118 valence electrons. The molecule has 5 heteroatoms. The van der Waals surface area contributed by atoms with E-state index in [-0.39, 0.29) is 12.0 Å². The second kappa shape index (κ2) is 10.0. The van der Waals surface area contributed by atoms with Crippen LogP contribution < -0.4 is 14.8 Å². The van der Waals surface area contributed by atoms with Gasteiger partial charge in [0.05, 0.1) is 19.8 Å². The minimum absolute atomic E-state index is 0.231. The van der Waals surface area contributed by atoms with Crippen LogP contribution in [-0.2, 0) is 9.53 Å². The van der Waals surface area contributed by atoms with Crippen LogP contribution in [0, 0.1) is 0 Å². The SMILES string of the molecule is CCNC(CCOc1cccc(OCC)c1)C(=O)OCC. The lowest BCUT2D eigenvalue weighted by Gasteiger charge is -2.16. The molecule has 0 radical (unpaired) electrons. The van der Waals surface area contributed by atoms with Crippen molar-refractivity contribution in [3.05, 3.63) is 24.3 Å². The molecule has 0 heterocycles. The molecule has 0 spiro atoms. The molecule has 1 aromatic carbocycles. The van der Waals surface area contributed by atoms with E-state index in [2.05, 4.69) is 5.32 Å². The van der Waals surface area contributed by atoms with Crippen molar-refractivity contribution >= 4 is 5.97 Å². The molecule has 0 amide bonds. The fourth-order valence-corrected chi connectivity index (χ4v) is 1.91. The molecular weight excluding hydrogens is 270 g/mol. The van der Waals surface area contributed by atoms with E-state index in [4.69, 9.17) is 14.2 Å². The number of hydrogen-bond acceptors (Lipinski definition) is 5. The van der Waals surface area contributed by atoms with Crippen molar-refractivity contribution in [2.75, 3.05) is 26.4 Å². The fraction of sp³-hybridized carbons (Fsp3) is 0.562. The zero-order chi connectivity index (χ0) is 15.5. The summed E-state index contributed by atoms with van der Waals surface area (Å²) >= 11 is 0. The predicted molar refractivity (Wildman–Crippen MR) is 81.8 cm³/mol. The van der Waals surface area contributed by atoms with Gasteiger partial charge in [0.2, 0.25) is 0 Å². The number of carbonyl (C=O) groups is 1. The Balaban J connectivity index is 2.45. The summed E-state index contributed by atoms with van der Waals surface area (Å²) < 4.78 is 16.1. The summed E-state index contributed by atoms with van der Waals surface area (Å²) in [6, 6.07) is 7.15. The third kappa shape index (κ3) is 6.49. The van der Waals surface area contributed by atoms with Crippen LogP contribution in [-0.4, -0.2) is 38.4 Å². The topological polar surface area (TPSA) is 56.8 Å². The lowest BCUT2D eigenvalue weighted by atomic mass is 10.2. The van der Waals surface area contributed by atoms with E-state index in [0.29, 0.717) is 32.8 Å². The number of esters is 1. The largest absolute Gasteiger partial charge is 0.494 e. The van der Waals surface area contributed by atoms with Gasteiger partial charge in [-0.05, 0) is 32.5 Å². The molecule has 0 saturated carbocycles. The highest BCUT2D eigenvalue weighted by atomic mass is 16.5. The Kier molecular flexibility index (Phi) is 8.28.